The molecule has 0 radical (unpaired) electrons. The van der Waals surface area contributed by atoms with Gasteiger partial charge in [0.1, 0.15) is 12.4 Å². The molecule has 0 saturated heterocycles. The molecule has 0 heterocycles. The third-order valence-corrected chi connectivity index (χ3v) is 1.73. The number of carbonyl (C=O) groups is 1. The Balaban J connectivity index is 2.66. The fourth-order valence-electron chi connectivity index (χ4n) is 0.914. The molecule has 0 atom stereocenters. The second kappa shape index (κ2) is 5.89. The molecule has 86 valence electrons. The Labute approximate surface area is 90.0 Å². The Kier molecular flexibility index (Phi) is 4.50. The van der Waals surface area contributed by atoms with Crippen LogP contribution in [0.1, 0.15) is 10.4 Å². The largest absolute Gasteiger partial charge is 0.280 e. The van der Waals surface area contributed by atoms with E-state index in [1.807, 2.05) is 5.43 Å². The van der Waals surface area contributed by atoms with Crippen LogP contribution >= 0.6 is 0 Å². The monoisotopic (exact) mass is 230 g/mol. The lowest BCUT2D eigenvalue weighted by Gasteiger charge is -2.02. The van der Waals surface area contributed by atoms with Crippen LogP contribution in [0.2, 0.25) is 0 Å². The molecule has 0 aromatic heterocycles. The van der Waals surface area contributed by atoms with Crippen LogP contribution in [0, 0.1) is 0 Å². The van der Waals surface area contributed by atoms with Crippen molar-refractivity contribution in [3.05, 3.63) is 35.9 Å². The molecule has 16 heavy (non-hydrogen) atoms. The minimum absolute atomic E-state index is 0.263. The molecule has 1 rings (SSSR count). The maximum atomic E-state index is 12.0. The van der Waals surface area contributed by atoms with Gasteiger partial charge in [-0.2, -0.15) is 5.10 Å². The van der Waals surface area contributed by atoms with Gasteiger partial charge in [-0.15, -0.1) is 0 Å². The maximum Gasteiger partial charge on any atom is 0.280 e. The highest BCUT2D eigenvalue weighted by molar-refractivity contribution is 5.96. The third kappa shape index (κ3) is 3.38. The summed E-state index contributed by atoms with van der Waals surface area (Å²) in [5, 5.41) is 3.01. The fraction of sp³-hybridized carbons (Fsp3) is 0.200. The van der Waals surface area contributed by atoms with E-state index < -0.39 is 24.7 Å². The first kappa shape index (κ1) is 12.2. The zero-order chi connectivity index (χ0) is 12.0. The van der Waals surface area contributed by atoms with Crippen LogP contribution in [0.25, 0.3) is 0 Å². The second-order valence-corrected chi connectivity index (χ2v) is 2.84. The van der Waals surface area contributed by atoms with Crippen molar-refractivity contribution < 1.29 is 18.0 Å². The summed E-state index contributed by atoms with van der Waals surface area (Å²) in [6.07, 6.45) is -3.01. The van der Waals surface area contributed by atoms with Gasteiger partial charge in [-0.1, -0.05) is 18.2 Å². The molecular weight excluding hydrogens is 221 g/mol. The van der Waals surface area contributed by atoms with Crippen LogP contribution in [-0.4, -0.2) is 24.7 Å². The van der Waals surface area contributed by atoms with Gasteiger partial charge in [-0.3, -0.25) is 4.79 Å². The Bertz CT molecular complexity index is 379. The summed E-state index contributed by atoms with van der Waals surface area (Å²) in [5.74, 6) is -0.660. The molecule has 0 aliphatic carbocycles. The van der Waals surface area contributed by atoms with E-state index in [4.69, 9.17) is 0 Å². The van der Waals surface area contributed by atoms with Crippen molar-refractivity contribution in [2.75, 3.05) is 6.67 Å². The van der Waals surface area contributed by atoms with Crippen LogP contribution < -0.4 is 5.43 Å². The summed E-state index contributed by atoms with van der Waals surface area (Å²) in [4.78, 5) is 11.3. The Morgan fingerprint density at radius 3 is 2.44 bits per heavy atom. The number of benzene rings is 1. The average Bonchev–Trinajstić information content (AvgIpc) is 2.30. The van der Waals surface area contributed by atoms with E-state index in [0.29, 0.717) is 0 Å². The third-order valence-electron chi connectivity index (χ3n) is 1.73. The van der Waals surface area contributed by atoms with Crippen molar-refractivity contribution >= 4 is 11.6 Å². The Morgan fingerprint density at radius 2 is 1.94 bits per heavy atom. The van der Waals surface area contributed by atoms with E-state index in [-0.39, 0.29) is 5.56 Å². The van der Waals surface area contributed by atoms with Crippen molar-refractivity contribution in [3.8, 4) is 0 Å². The maximum absolute atomic E-state index is 12.0. The van der Waals surface area contributed by atoms with Gasteiger partial charge >= 0.3 is 0 Å². The number of hydrazone groups is 1. The molecule has 0 bridgehead atoms. The number of nitrogens with zero attached hydrogens (tertiary/aromatic N) is 1. The summed E-state index contributed by atoms with van der Waals surface area (Å²) in [7, 11) is 0. The van der Waals surface area contributed by atoms with E-state index in [1.54, 1.807) is 18.2 Å². The number of rotatable bonds is 4. The Morgan fingerprint density at radius 1 is 1.31 bits per heavy atom. The number of nitrogens with one attached hydrogen (secondary N) is 1. The van der Waals surface area contributed by atoms with E-state index >= 15 is 0 Å². The van der Waals surface area contributed by atoms with Crippen molar-refractivity contribution in [1.82, 2.24) is 5.43 Å². The molecule has 0 fully saturated rings. The molecular formula is C10H9F3N2O. The standard InChI is InChI=1S/C10H9F3N2O/c11-6-8(9(12)13)14-15-10(16)7-4-2-1-3-5-7/h1-5,9H,6H2,(H,15,16). The van der Waals surface area contributed by atoms with Crippen molar-refractivity contribution in [3.63, 3.8) is 0 Å². The zero-order valence-corrected chi connectivity index (χ0v) is 8.16. The van der Waals surface area contributed by atoms with Gasteiger partial charge in [0.25, 0.3) is 12.3 Å². The lowest BCUT2D eigenvalue weighted by Crippen LogP contribution is -2.23. The molecule has 1 amide bonds. The van der Waals surface area contributed by atoms with Crippen LogP contribution in [0.5, 0.6) is 0 Å². The lowest BCUT2D eigenvalue weighted by atomic mass is 10.2. The molecule has 0 aliphatic heterocycles. The molecule has 1 N–H and O–H groups in total. The van der Waals surface area contributed by atoms with Gasteiger partial charge in [0.2, 0.25) is 0 Å². The molecule has 0 aliphatic rings. The van der Waals surface area contributed by atoms with Gasteiger partial charge < -0.3 is 0 Å². The zero-order valence-electron chi connectivity index (χ0n) is 8.16. The summed E-state index contributed by atoms with van der Waals surface area (Å²) >= 11 is 0. The van der Waals surface area contributed by atoms with Gasteiger partial charge in [0.05, 0.1) is 0 Å². The highest BCUT2D eigenvalue weighted by Crippen LogP contribution is 2.00. The molecule has 1 aromatic rings. The number of hydrogen-bond acceptors (Lipinski definition) is 2. The average molecular weight is 230 g/mol. The minimum Gasteiger partial charge on any atom is -0.267 e. The number of alkyl halides is 3. The van der Waals surface area contributed by atoms with E-state index in [1.165, 1.54) is 12.1 Å². The number of carbonyl (C=O) groups excluding carboxylic acids is 1. The molecule has 3 nitrogen and oxygen atoms in total. The smallest absolute Gasteiger partial charge is 0.267 e. The van der Waals surface area contributed by atoms with E-state index in [0.717, 1.165) is 0 Å². The Hall–Kier alpha value is -1.85. The van der Waals surface area contributed by atoms with Gasteiger partial charge in [-0.25, -0.2) is 18.6 Å². The summed E-state index contributed by atoms with van der Waals surface area (Å²) in [5.41, 5.74) is 1.13. The molecule has 0 spiro atoms. The van der Waals surface area contributed by atoms with Crippen molar-refractivity contribution in [2.24, 2.45) is 5.10 Å². The number of halogens is 3. The lowest BCUT2D eigenvalue weighted by molar-refractivity contribution is 0.0954. The highest BCUT2D eigenvalue weighted by Gasteiger charge is 2.13. The molecule has 1 aromatic carbocycles. The van der Waals surface area contributed by atoms with E-state index in [2.05, 4.69) is 5.10 Å². The predicted molar refractivity (Wildman–Crippen MR) is 53.3 cm³/mol. The molecule has 0 unspecified atom stereocenters. The summed E-state index contributed by atoms with van der Waals surface area (Å²) < 4.78 is 36.1. The second-order valence-electron chi connectivity index (χ2n) is 2.84. The molecule has 0 saturated carbocycles. The van der Waals surface area contributed by atoms with E-state index in [9.17, 15) is 18.0 Å². The van der Waals surface area contributed by atoms with Gasteiger partial charge in [-0.05, 0) is 12.1 Å². The fourth-order valence-corrected chi connectivity index (χ4v) is 0.914. The number of amides is 1. The quantitative estimate of drug-likeness (QED) is 0.623. The van der Waals surface area contributed by atoms with Crippen LogP contribution in [0.3, 0.4) is 0 Å². The summed E-state index contributed by atoms with van der Waals surface area (Å²) in [6, 6.07) is 7.90. The first-order valence-corrected chi connectivity index (χ1v) is 4.41. The van der Waals surface area contributed by atoms with Crippen molar-refractivity contribution in [1.29, 1.82) is 0 Å². The first-order valence-electron chi connectivity index (χ1n) is 4.41. The minimum atomic E-state index is -3.01. The van der Waals surface area contributed by atoms with Crippen LogP contribution in [0.15, 0.2) is 35.4 Å². The van der Waals surface area contributed by atoms with Crippen molar-refractivity contribution in [2.45, 2.75) is 6.43 Å². The van der Waals surface area contributed by atoms with Gasteiger partial charge in [0.15, 0.2) is 0 Å². The van der Waals surface area contributed by atoms with Gasteiger partial charge in [0, 0.05) is 5.56 Å². The SMILES string of the molecule is O=C(NN=C(CF)C(F)F)c1ccccc1. The normalized spacial score (nSPS) is 11.6. The van der Waals surface area contributed by atoms with Crippen LogP contribution in [0.4, 0.5) is 13.2 Å². The predicted octanol–water partition coefficient (Wildman–Crippen LogP) is 2.01. The first-order chi connectivity index (χ1) is 7.65. The molecule has 6 heteroatoms. The highest BCUT2D eigenvalue weighted by atomic mass is 19.3. The number of hydrogen-bond donors (Lipinski definition) is 1. The summed E-state index contributed by atoms with van der Waals surface area (Å²) in [6.45, 7) is -1.40. The topological polar surface area (TPSA) is 41.5 Å². The van der Waals surface area contributed by atoms with Crippen LogP contribution in [-0.2, 0) is 0 Å².